The standard InChI is InChI=1S/C19H22N4OS.3ClH/c24-19(17-14-25-18(21-17)15-5-4-8-20-13-15)23-11-9-22(10-12-23)16-6-2-1-3-7-16;;;/h1-8,13,17-18,21H,9-12,14H2;3*1H. The lowest BCUT2D eigenvalue weighted by molar-refractivity contribution is -0.133. The minimum atomic E-state index is -0.0986. The molecule has 4 rings (SSSR count). The molecule has 2 saturated heterocycles. The molecular formula is C19H25Cl3N4OS. The molecule has 0 bridgehead atoms. The Morgan fingerprint density at radius 2 is 1.71 bits per heavy atom. The van der Waals surface area contributed by atoms with E-state index in [1.165, 1.54) is 5.69 Å². The zero-order chi connectivity index (χ0) is 17.1. The summed E-state index contributed by atoms with van der Waals surface area (Å²) in [7, 11) is 0. The third-order valence-corrected chi connectivity index (χ3v) is 6.05. The molecule has 28 heavy (non-hydrogen) atoms. The predicted octanol–water partition coefficient (Wildman–Crippen LogP) is 3.40. The van der Waals surface area contributed by atoms with Crippen LogP contribution in [-0.2, 0) is 4.79 Å². The van der Waals surface area contributed by atoms with E-state index in [-0.39, 0.29) is 54.5 Å². The van der Waals surface area contributed by atoms with Gasteiger partial charge in [-0.2, -0.15) is 0 Å². The highest BCUT2D eigenvalue weighted by Crippen LogP contribution is 2.32. The molecule has 2 fully saturated rings. The number of aromatic nitrogens is 1. The second-order valence-corrected chi connectivity index (χ2v) is 7.50. The van der Waals surface area contributed by atoms with Crippen molar-refractivity contribution in [1.82, 2.24) is 15.2 Å². The van der Waals surface area contributed by atoms with Crippen LogP contribution in [0.15, 0.2) is 54.9 Å². The van der Waals surface area contributed by atoms with Gasteiger partial charge in [0.2, 0.25) is 5.91 Å². The molecular weight excluding hydrogens is 439 g/mol. The third kappa shape index (κ3) is 5.67. The van der Waals surface area contributed by atoms with Gasteiger partial charge in [-0.15, -0.1) is 49.0 Å². The van der Waals surface area contributed by atoms with Gasteiger partial charge in [-0.1, -0.05) is 24.3 Å². The number of pyridine rings is 1. The first kappa shape index (κ1) is 24.9. The molecule has 5 nitrogen and oxygen atoms in total. The Balaban J connectivity index is 0.00000131. The third-order valence-electron chi connectivity index (χ3n) is 4.78. The Kier molecular flexibility index (Phi) is 10.4. The fraction of sp³-hybridized carbons (Fsp3) is 0.368. The molecule has 0 radical (unpaired) electrons. The summed E-state index contributed by atoms with van der Waals surface area (Å²) in [6.07, 6.45) is 3.65. The molecule has 3 heterocycles. The van der Waals surface area contributed by atoms with E-state index in [2.05, 4.69) is 45.5 Å². The van der Waals surface area contributed by atoms with Gasteiger partial charge >= 0.3 is 0 Å². The van der Waals surface area contributed by atoms with Crippen molar-refractivity contribution in [2.45, 2.75) is 11.4 Å². The summed E-state index contributed by atoms with van der Waals surface area (Å²) in [5.41, 5.74) is 2.37. The van der Waals surface area contributed by atoms with E-state index in [9.17, 15) is 4.79 Å². The van der Waals surface area contributed by atoms with Crippen molar-refractivity contribution < 1.29 is 4.79 Å². The first-order chi connectivity index (χ1) is 12.3. The summed E-state index contributed by atoms with van der Waals surface area (Å²) in [6, 6.07) is 14.3. The van der Waals surface area contributed by atoms with Crippen LogP contribution in [0.4, 0.5) is 5.69 Å². The van der Waals surface area contributed by atoms with E-state index in [0.29, 0.717) is 0 Å². The molecule has 2 atom stereocenters. The largest absolute Gasteiger partial charge is 0.368 e. The lowest BCUT2D eigenvalue weighted by Gasteiger charge is -2.37. The minimum absolute atomic E-state index is 0. The van der Waals surface area contributed by atoms with Crippen LogP contribution in [0.25, 0.3) is 0 Å². The highest BCUT2D eigenvalue weighted by molar-refractivity contribution is 7.99. The second-order valence-electron chi connectivity index (χ2n) is 6.37. The number of carbonyl (C=O) groups excluding carboxylic acids is 1. The summed E-state index contributed by atoms with van der Waals surface area (Å²) < 4.78 is 0. The van der Waals surface area contributed by atoms with Gasteiger partial charge in [-0.25, -0.2) is 0 Å². The number of hydrogen-bond donors (Lipinski definition) is 1. The number of nitrogens with zero attached hydrogens (tertiary/aromatic N) is 3. The van der Waals surface area contributed by atoms with Crippen LogP contribution in [0.3, 0.4) is 0 Å². The van der Waals surface area contributed by atoms with E-state index in [1.807, 2.05) is 23.2 Å². The van der Waals surface area contributed by atoms with Crippen molar-refractivity contribution >= 4 is 60.6 Å². The number of amides is 1. The fourth-order valence-corrected chi connectivity index (χ4v) is 4.60. The number of hydrogen-bond acceptors (Lipinski definition) is 5. The summed E-state index contributed by atoms with van der Waals surface area (Å²) in [5.74, 6) is 1.05. The van der Waals surface area contributed by atoms with Crippen molar-refractivity contribution in [1.29, 1.82) is 0 Å². The van der Waals surface area contributed by atoms with Gasteiger partial charge in [-0.05, 0) is 23.8 Å². The Morgan fingerprint density at radius 1 is 1.00 bits per heavy atom. The predicted molar refractivity (Wildman–Crippen MR) is 123 cm³/mol. The molecule has 1 amide bonds. The van der Waals surface area contributed by atoms with E-state index in [4.69, 9.17) is 0 Å². The van der Waals surface area contributed by atoms with Crippen molar-refractivity contribution in [3.05, 3.63) is 60.4 Å². The van der Waals surface area contributed by atoms with E-state index >= 15 is 0 Å². The van der Waals surface area contributed by atoms with Gasteiger partial charge in [0.05, 0.1) is 11.4 Å². The van der Waals surface area contributed by atoms with Crippen LogP contribution >= 0.6 is 49.0 Å². The highest BCUT2D eigenvalue weighted by Gasteiger charge is 2.34. The van der Waals surface area contributed by atoms with Crippen molar-refractivity contribution in [2.24, 2.45) is 0 Å². The summed E-state index contributed by atoms with van der Waals surface area (Å²) in [4.78, 5) is 21.4. The van der Waals surface area contributed by atoms with Crippen LogP contribution in [0, 0.1) is 0 Å². The molecule has 154 valence electrons. The molecule has 0 spiro atoms. The van der Waals surface area contributed by atoms with Crippen LogP contribution in [0.1, 0.15) is 10.9 Å². The fourth-order valence-electron chi connectivity index (χ4n) is 3.38. The monoisotopic (exact) mass is 462 g/mol. The number of thioether (sulfide) groups is 1. The molecule has 1 aromatic carbocycles. The number of halogens is 3. The number of rotatable bonds is 3. The van der Waals surface area contributed by atoms with Gasteiger partial charge < -0.3 is 9.80 Å². The molecule has 0 aliphatic carbocycles. The zero-order valence-electron chi connectivity index (χ0n) is 15.3. The molecule has 1 aromatic heterocycles. The summed E-state index contributed by atoms with van der Waals surface area (Å²) in [6.45, 7) is 3.35. The van der Waals surface area contributed by atoms with Crippen molar-refractivity contribution in [3.63, 3.8) is 0 Å². The molecule has 0 saturated carbocycles. The van der Waals surface area contributed by atoms with Gasteiger partial charge in [0.15, 0.2) is 0 Å². The average molecular weight is 464 g/mol. The van der Waals surface area contributed by atoms with Crippen LogP contribution in [0.2, 0.25) is 0 Å². The number of anilines is 1. The SMILES string of the molecule is Cl.Cl.Cl.O=C(C1CSC(c2cccnc2)N1)N1CCN(c2ccccc2)CC1. The minimum Gasteiger partial charge on any atom is -0.368 e. The van der Waals surface area contributed by atoms with E-state index in [0.717, 1.165) is 37.5 Å². The van der Waals surface area contributed by atoms with Crippen molar-refractivity contribution in [3.8, 4) is 0 Å². The number of carbonyl (C=O) groups is 1. The maximum atomic E-state index is 12.8. The summed E-state index contributed by atoms with van der Waals surface area (Å²) in [5, 5.41) is 3.63. The highest BCUT2D eigenvalue weighted by atomic mass is 35.5. The smallest absolute Gasteiger partial charge is 0.240 e. The first-order valence-electron chi connectivity index (χ1n) is 8.67. The maximum Gasteiger partial charge on any atom is 0.240 e. The number of para-hydroxylation sites is 1. The van der Waals surface area contributed by atoms with Crippen LogP contribution in [0.5, 0.6) is 0 Å². The van der Waals surface area contributed by atoms with Crippen molar-refractivity contribution in [2.75, 3.05) is 36.8 Å². The van der Waals surface area contributed by atoms with Gasteiger partial charge in [0.25, 0.3) is 0 Å². The first-order valence-corrected chi connectivity index (χ1v) is 9.72. The van der Waals surface area contributed by atoms with Crippen LogP contribution < -0.4 is 10.2 Å². The molecule has 2 aliphatic rings. The molecule has 9 heteroatoms. The molecule has 2 aliphatic heterocycles. The Hall–Kier alpha value is -1.18. The Morgan fingerprint density at radius 3 is 2.36 bits per heavy atom. The van der Waals surface area contributed by atoms with Gasteiger partial charge in [0, 0.05) is 50.0 Å². The lowest BCUT2D eigenvalue weighted by Crippen LogP contribution is -2.53. The summed E-state index contributed by atoms with van der Waals surface area (Å²) >= 11 is 1.78. The maximum absolute atomic E-state index is 12.8. The number of benzene rings is 1. The van der Waals surface area contributed by atoms with Crippen LogP contribution in [-0.4, -0.2) is 53.8 Å². The average Bonchev–Trinajstić information content (AvgIpc) is 3.19. The zero-order valence-corrected chi connectivity index (χ0v) is 18.5. The Labute approximate surface area is 188 Å². The lowest BCUT2D eigenvalue weighted by atomic mass is 10.2. The van der Waals surface area contributed by atoms with E-state index < -0.39 is 0 Å². The quantitative estimate of drug-likeness (QED) is 0.756. The second kappa shape index (κ2) is 11.7. The number of nitrogens with one attached hydrogen (secondary N) is 1. The number of piperazine rings is 1. The normalized spacial score (nSPS) is 21.1. The van der Waals surface area contributed by atoms with E-state index in [1.54, 1.807) is 18.0 Å². The van der Waals surface area contributed by atoms with Gasteiger partial charge in [0.1, 0.15) is 0 Å². The Bertz CT molecular complexity index is 718. The topological polar surface area (TPSA) is 48.5 Å². The molecule has 2 aromatic rings. The van der Waals surface area contributed by atoms with Gasteiger partial charge in [-0.3, -0.25) is 15.1 Å². The molecule has 1 N–H and O–H groups in total. The molecule has 2 unspecified atom stereocenters.